The Morgan fingerprint density at radius 3 is 2.85 bits per heavy atom. The summed E-state index contributed by atoms with van der Waals surface area (Å²) in [6.45, 7) is 2.06. The minimum absolute atomic E-state index is 0.814. The molecule has 3 aromatic rings. The molecule has 1 aromatic carbocycles. The highest BCUT2D eigenvalue weighted by Crippen LogP contribution is 2.27. The largest absolute Gasteiger partial charge is 0.373 e. The number of nitrogens with one attached hydrogen (secondary N) is 1. The molecule has 0 aliphatic carbocycles. The van der Waals surface area contributed by atoms with Crippen LogP contribution in [0.1, 0.15) is 12.7 Å². The molecule has 0 saturated heterocycles. The third-order valence-corrected chi connectivity index (χ3v) is 3.30. The van der Waals surface area contributed by atoms with Crippen molar-refractivity contribution in [1.29, 1.82) is 0 Å². The van der Waals surface area contributed by atoms with Gasteiger partial charge in [0.05, 0.1) is 5.69 Å². The third kappa shape index (κ3) is 2.20. The van der Waals surface area contributed by atoms with Crippen molar-refractivity contribution in [3.8, 4) is 11.3 Å². The Morgan fingerprint density at radius 2 is 2.05 bits per heavy atom. The van der Waals surface area contributed by atoms with E-state index in [4.69, 9.17) is 0 Å². The summed E-state index contributed by atoms with van der Waals surface area (Å²) in [5, 5.41) is 5.37. The maximum atomic E-state index is 4.65. The van der Waals surface area contributed by atoms with E-state index in [2.05, 4.69) is 39.3 Å². The number of nitrogens with zero attached hydrogens (tertiary/aromatic N) is 3. The molecular formula is C16H16N4. The monoisotopic (exact) mass is 264 g/mol. The number of hydrogen-bond acceptors (Lipinski definition) is 4. The number of aryl methyl sites for hydroxylation is 1. The molecule has 100 valence electrons. The van der Waals surface area contributed by atoms with Crippen molar-refractivity contribution in [3.63, 3.8) is 0 Å². The van der Waals surface area contributed by atoms with Gasteiger partial charge in [0, 0.05) is 42.9 Å². The zero-order chi connectivity index (χ0) is 13.9. The Labute approximate surface area is 117 Å². The number of benzene rings is 1. The maximum Gasteiger partial charge on any atom is 0.131 e. The van der Waals surface area contributed by atoms with E-state index < -0.39 is 0 Å². The van der Waals surface area contributed by atoms with Crippen molar-refractivity contribution in [1.82, 2.24) is 15.0 Å². The predicted molar refractivity (Wildman–Crippen MR) is 81.7 cm³/mol. The van der Waals surface area contributed by atoms with Crippen LogP contribution in [-0.2, 0) is 6.42 Å². The Bertz CT molecular complexity index is 725. The van der Waals surface area contributed by atoms with Gasteiger partial charge in [-0.25, -0.2) is 9.97 Å². The highest BCUT2D eigenvalue weighted by molar-refractivity contribution is 5.95. The molecule has 0 amide bonds. The van der Waals surface area contributed by atoms with Gasteiger partial charge in [-0.3, -0.25) is 4.98 Å². The van der Waals surface area contributed by atoms with Crippen molar-refractivity contribution in [2.45, 2.75) is 13.3 Å². The van der Waals surface area contributed by atoms with Gasteiger partial charge in [0.2, 0.25) is 0 Å². The Kier molecular flexibility index (Phi) is 3.29. The van der Waals surface area contributed by atoms with Crippen molar-refractivity contribution in [3.05, 3.63) is 48.5 Å². The third-order valence-electron chi connectivity index (χ3n) is 3.30. The zero-order valence-electron chi connectivity index (χ0n) is 11.6. The van der Waals surface area contributed by atoms with Crippen molar-refractivity contribution >= 4 is 16.6 Å². The summed E-state index contributed by atoms with van der Waals surface area (Å²) in [5.74, 6) is 1.69. The molecule has 0 aliphatic rings. The first-order valence-electron chi connectivity index (χ1n) is 6.70. The lowest BCUT2D eigenvalue weighted by atomic mass is 10.0. The summed E-state index contributed by atoms with van der Waals surface area (Å²) in [4.78, 5) is 13.3. The molecule has 2 heterocycles. The van der Waals surface area contributed by atoms with Gasteiger partial charge in [0.15, 0.2) is 0 Å². The van der Waals surface area contributed by atoms with E-state index in [1.165, 1.54) is 0 Å². The van der Waals surface area contributed by atoms with Crippen LogP contribution < -0.4 is 5.32 Å². The van der Waals surface area contributed by atoms with Gasteiger partial charge in [0.1, 0.15) is 11.6 Å². The molecule has 0 bridgehead atoms. The molecule has 0 saturated carbocycles. The Morgan fingerprint density at radius 1 is 1.15 bits per heavy atom. The fourth-order valence-electron chi connectivity index (χ4n) is 2.27. The number of aromatic nitrogens is 3. The molecule has 0 aliphatic heterocycles. The van der Waals surface area contributed by atoms with Gasteiger partial charge in [-0.15, -0.1) is 0 Å². The van der Waals surface area contributed by atoms with Crippen LogP contribution in [0.3, 0.4) is 0 Å². The number of anilines is 1. The molecule has 2 aromatic heterocycles. The SMILES string of the molecule is CCc1nc(NC)cc(-c2cccc3cnccc23)n1. The van der Waals surface area contributed by atoms with E-state index >= 15 is 0 Å². The molecule has 0 fully saturated rings. The molecule has 1 N–H and O–H groups in total. The van der Waals surface area contributed by atoms with Gasteiger partial charge in [-0.05, 0) is 11.5 Å². The smallest absolute Gasteiger partial charge is 0.131 e. The second-order valence-corrected chi connectivity index (χ2v) is 4.56. The first-order valence-corrected chi connectivity index (χ1v) is 6.70. The fourth-order valence-corrected chi connectivity index (χ4v) is 2.27. The van der Waals surface area contributed by atoms with Crippen LogP contribution >= 0.6 is 0 Å². The van der Waals surface area contributed by atoms with Crippen LogP contribution in [-0.4, -0.2) is 22.0 Å². The summed E-state index contributed by atoms with van der Waals surface area (Å²) in [7, 11) is 1.87. The second kappa shape index (κ2) is 5.25. The molecule has 0 unspecified atom stereocenters. The minimum atomic E-state index is 0.814. The van der Waals surface area contributed by atoms with Gasteiger partial charge in [-0.1, -0.05) is 25.1 Å². The molecule has 20 heavy (non-hydrogen) atoms. The van der Waals surface area contributed by atoms with E-state index in [1.807, 2.05) is 37.6 Å². The first kappa shape index (κ1) is 12.5. The topological polar surface area (TPSA) is 50.7 Å². The molecule has 0 radical (unpaired) electrons. The summed E-state index contributed by atoms with van der Waals surface area (Å²) in [5.41, 5.74) is 2.05. The van der Waals surface area contributed by atoms with Crippen molar-refractivity contribution < 1.29 is 0 Å². The van der Waals surface area contributed by atoms with E-state index in [1.54, 1.807) is 0 Å². The molecule has 3 rings (SSSR count). The summed E-state index contributed by atoms with van der Waals surface area (Å²) in [6, 6.07) is 10.2. The van der Waals surface area contributed by atoms with Crippen LogP contribution in [0.4, 0.5) is 5.82 Å². The zero-order valence-corrected chi connectivity index (χ0v) is 11.6. The lowest BCUT2D eigenvalue weighted by Gasteiger charge is -2.09. The normalized spacial score (nSPS) is 10.7. The number of pyridine rings is 1. The average molecular weight is 264 g/mol. The van der Waals surface area contributed by atoms with Gasteiger partial charge in [-0.2, -0.15) is 0 Å². The first-order chi connectivity index (χ1) is 9.81. The molecule has 0 atom stereocenters. The predicted octanol–water partition coefficient (Wildman–Crippen LogP) is 3.30. The van der Waals surface area contributed by atoms with Crippen LogP contribution in [0.15, 0.2) is 42.7 Å². The van der Waals surface area contributed by atoms with E-state index in [-0.39, 0.29) is 0 Å². The van der Waals surface area contributed by atoms with Crippen molar-refractivity contribution in [2.24, 2.45) is 0 Å². The molecular weight excluding hydrogens is 248 g/mol. The molecule has 0 spiro atoms. The van der Waals surface area contributed by atoms with Crippen LogP contribution in [0.25, 0.3) is 22.0 Å². The van der Waals surface area contributed by atoms with Crippen LogP contribution in [0, 0.1) is 0 Å². The van der Waals surface area contributed by atoms with Crippen LogP contribution in [0.5, 0.6) is 0 Å². The number of hydrogen-bond donors (Lipinski definition) is 1. The summed E-state index contributed by atoms with van der Waals surface area (Å²) >= 11 is 0. The highest BCUT2D eigenvalue weighted by Gasteiger charge is 2.08. The number of rotatable bonds is 3. The maximum absolute atomic E-state index is 4.65. The lowest BCUT2D eigenvalue weighted by Crippen LogP contribution is -2.01. The quantitative estimate of drug-likeness (QED) is 0.788. The fraction of sp³-hybridized carbons (Fsp3) is 0.188. The minimum Gasteiger partial charge on any atom is -0.373 e. The van der Waals surface area contributed by atoms with E-state index in [0.29, 0.717) is 0 Å². The molecule has 4 heteroatoms. The second-order valence-electron chi connectivity index (χ2n) is 4.56. The average Bonchev–Trinajstić information content (AvgIpc) is 2.53. The van der Waals surface area contributed by atoms with Gasteiger partial charge < -0.3 is 5.32 Å². The lowest BCUT2D eigenvalue weighted by molar-refractivity contribution is 0.945. The Balaban J connectivity index is 2.25. The summed E-state index contributed by atoms with van der Waals surface area (Å²) < 4.78 is 0. The number of fused-ring (bicyclic) bond motifs is 1. The van der Waals surface area contributed by atoms with E-state index in [0.717, 1.165) is 40.1 Å². The Hall–Kier alpha value is -2.49. The van der Waals surface area contributed by atoms with Gasteiger partial charge in [0.25, 0.3) is 0 Å². The van der Waals surface area contributed by atoms with Gasteiger partial charge >= 0.3 is 0 Å². The standard InChI is InChI=1S/C16H16N4/c1-3-15-19-14(9-16(17-2)20-15)13-6-4-5-11-10-18-8-7-12(11)13/h4-10H,3H2,1-2H3,(H,17,19,20). The summed E-state index contributed by atoms with van der Waals surface area (Å²) in [6.07, 6.45) is 4.50. The highest BCUT2D eigenvalue weighted by atomic mass is 15.0. The van der Waals surface area contributed by atoms with Crippen LogP contribution in [0.2, 0.25) is 0 Å². The molecule has 4 nitrogen and oxygen atoms in total. The van der Waals surface area contributed by atoms with E-state index in [9.17, 15) is 0 Å². The van der Waals surface area contributed by atoms with Crippen molar-refractivity contribution in [2.75, 3.05) is 12.4 Å².